The van der Waals surface area contributed by atoms with Crippen LogP contribution >= 0.6 is 0 Å². The van der Waals surface area contributed by atoms with Gasteiger partial charge in [-0.25, -0.2) is 4.79 Å². The maximum absolute atomic E-state index is 11.5. The van der Waals surface area contributed by atoms with E-state index in [1.165, 1.54) is 51.0 Å². The summed E-state index contributed by atoms with van der Waals surface area (Å²) in [6.45, 7) is 0.542. The normalized spacial score (nSPS) is 14.5. The smallest absolute Gasteiger partial charge is 0.330 e. The van der Waals surface area contributed by atoms with E-state index in [9.17, 15) is 4.79 Å². The van der Waals surface area contributed by atoms with E-state index in [0.717, 1.165) is 17.9 Å². The maximum Gasteiger partial charge on any atom is 0.330 e. The lowest BCUT2D eigenvalue weighted by Gasteiger charge is -2.02. The van der Waals surface area contributed by atoms with E-state index in [4.69, 9.17) is 4.74 Å². The van der Waals surface area contributed by atoms with E-state index in [1.807, 2.05) is 30.3 Å². The standard InChI is InChI=1S/C19H26O2/c20-19(15-14-17-9-6-4-7-10-17)21-16-8-3-1-2-5-11-18-12-13-18/h4,6-7,9-10,14-15,18H,1-3,5,8,11-13,16H2/b15-14+. The molecule has 1 aliphatic rings. The summed E-state index contributed by atoms with van der Waals surface area (Å²) in [4.78, 5) is 11.5. The lowest BCUT2D eigenvalue weighted by atomic mass is 10.1. The van der Waals surface area contributed by atoms with Crippen molar-refractivity contribution in [2.75, 3.05) is 6.61 Å². The highest BCUT2D eigenvalue weighted by Gasteiger charge is 2.19. The van der Waals surface area contributed by atoms with Crippen molar-refractivity contribution in [2.45, 2.75) is 51.4 Å². The summed E-state index contributed by atoms with van der Waals surface area (Å²) in [5, 5.41) is 0. The van der Waals surface area contributed by atoms with Crippen molar-refractivity contribution in [3.8, 4) is 0 Å². The number of rotatable bonds is 10. The first-order valence-corrected chi connectivity index (χ1v) is 8.24. The number of hydrogen-bond donors (Lipinski definition) is 0. The Hall–Kier alpha value is -1.57. The van der Waals surface area contributed by atoms with Gasteiger partial charge in [0.15, 0.2) is 0 Å². The van der Waals surface area contributed by atoms with Gasteiger partial charge in [-0.05, 0) is 24.0 Å². The van der Waals surface area contributed by atoms with Crippen LogP contribution in [0.5, 0.6) is 0 Å². The number of ether oxygens (including phenoxy) is 1. The Labute approximate surface area is 128 Å². The molecule has 2 rings (SSSR count). The predicted octanol–water partition coefficient (Wildman–Crippen LogP) is 4.99. The van der Waals surface area contributed by atoms with Gasteiger partial charge in [0.2, 0.25) is 0 Å². The van der Waals surface area contributed by atoms with Gasteiger partial charge in [-0.2, -0.15) is 0 Å². The summed E-state index contributed by atoms with van der Waals surface area (Å²) in [7, 11) is 0. The molecule has 0 unspecified atom stereocenters. The second-order valence-corrected chi connectivity index (χ2v) is 5.91. The zero-order valence-corrected chi connectivity index (χ0v) is 12.8. The van der Waals surface area contributed by atoms with E-state index in [0.29, 0.717) is 6.61 Å². The number of hydrogen-bond acceptors (Lipinski definition) is 2. The number of benzene rings is 1. The van der Waals surface area contributed by atoms with Gasteiger partial charge < -0.3 is 4.74 Å². The number of carbonyl (C=O) groups excluding carboxylic acids is 1. The third kappa shape index (κ3) is 7.69. The van der Waals surface area contributed by atoms with Gasteiger partial charge in [0.25, 0.3) is 0 Å². The monoisotopic (exact) mass is 286 g/mol. The van der Waals surface area contributed by atoms with Crippen molar-refractivity contribution >= 4 is 12.0 Å². The Morgan fingerprint density at radius 1 is 1.05 bits per heavy atom. The molecule has 114 valence electrons. The predicted molar refractivity (Wildman–Crippen MR) is 86.9 cm³/mol. The summed E-state index contributed by atoms with van der Waals surface area (Å²) in [5.74, 6) is 0.815. The first-order chi connectivity index (χ1) is 10.3. The van der Waals surface area contributed by atoms with Crippen molar-refractivity contribution in [1.82, 2.24) is 0 Å². The lowest BCUT2D eigenvalue weighted by Crippen LogP contribution is -2.02. The first kappa shape index (κ1) is 15.8. The minimum absolute atomic E-state index is 0.243. The molecule has 0 atom stereocenters. The average Bonchev–Trinajstić information content (AvgIpc) is 3.33. The Morgan fingerprint density at radius 2 is 1.76 bits per heavy atom. The van der Waals surface area contributed by atoms with E-state index in [-0.39, 0.29) is 5.97 Å². The molecule has 0 N–H and O–H groups in total. The van der Waals surface area contributed by atoms with Crippen LogP contribution in [0, 0.1) is 5.92 Å². The zero-order chi connectivity index (χ0) is 14.8. The third-order valence-corrected chi connectivity index (χ3v) is 3.91. The Balaban J connectivity index is 1.44. The van der Waals surface area contributed by atoms with Gasteiger partial charge in [-0.15, -0.1) is 0 Å². The van der Waals surface area contributed by atoms with Crippen LogP contribution in [0.15, 0.2) is 36.4 Å². The Bertz CT molecular complexity index is 432. The van der Waals surface area contributed by atoms with E-state index in [1.54, 1.807) is 6.08 Å². The molecule has 0 radical (unpaired) electrons. The molecule has 21 heavy (non-hydrogen) atoms. The highest BCUT2D eigenvalue weighted by atomic mass is 16.5. The van der Waals surface area contributed by atoms with Crippen molar-refractivity contribution in [3.63, 3.8) is 0 Å². The summed E-state index contributed by atoms with van der Waals surface area (Å²) in [5.41, 5.74) is 1.02. The second kappa shape index (κ2) is 9.38. The Morgan fingerprint density at radius 3 is 2.52 bits per heavy atom. The molecule has 2 nitrogen and oxygen atoms in total. The highest BCUT2D eigenvalue weighted by Crippen LogP contribution is 2.34. The molecule has 0 amide bonds. The van der Waals surface area contributed by atoms with Crippen LogP contribution < -0.4 is 0 Å². The van der Waals surface area contributed by atoms with Crippen LogP contribution in [0.2, 0.25) is 0 Å². The largest absolute Gasteiger partial charge is 0.463 e. The molecule has 1 aromatic carbocycles. The molecule has 0 aromatic heterocycles. The van der Waals surface area contributed by atoms with Crippen LogP contribution in [-0.2, 0) is 9.53 Å². The van der Waals surface area contributed by atoms with Gasteiger partial charge in [-0.1, -0.05) is 75.3 Å². The topological polar surface area (TPSA) is 26.3 Å². The molecule has 1 aromatic rings. The van der Waals surface area contributed by atoms with Crippen molar-refractivity contribution in [1.29, 1.82) is 0 Å². The maximum atomic E-state index is 11.5. The molecule has 2 heteroatoms. The van der Waals surface area contributed by atoms with Crippen molar-refractivity contribution < 1.29 is 9.53 Å². The number of unbranched alkanes of at least 4 members (excludes halogenated alkanes) is 4. The van der Waals surface area contributed by atoms with Gasteiger partial charge in [0.05, 0.1) is 6.61 Å². The number of esters is 1. The second-order valence-electron chi connectivity index (χ2n) is 5.91. The van der Waals surface area contributed by atoms with Crippen LogP contribution in [0.4, 0.5) is 0 Å². The number of carbonyl (C=O) groups is 1. The summed E-state index contributed by atoms with van der Waals surface area (Å²) in [6, 6.07) is 9.79. The molecular weight excluding hydrogens is 260 g/mol. The fourth-order valence-corrected chi connectivity index (χ4v) is 2.42. The molecule has 0 heterocycles. The Kier molecular flexibility index (Phi) is 7.06. The molecule has 1 aliphatic carbocycles. The molecular formula is C19H26O2. The van der Waals surface area contributed by atoms with E-state index < -0.39 is 0 Å². The molecule has 0 aliphatic heterocycles. The van der Waals surface area contributed by atoms with Crippen LogP contribution in [0.3, 0.4) is 0 Å². The molecule has 1 saturated carbocycles. The lowest BCUT2D eigenvalue weighted by molar-refractivity contribution is -0.137. The molecule has 0 bridgehead atoms. The quantitative estimate of drug-likeness (QED) is 0.344. The minimum Gasteiger partial charge on any atom is -0.463 e. The molecule has 1 fully saturated rings. The summed E-state index contributed by atoms with van der Waals surface area (Å²) in [6.07, 6.45) is 13.8. The summed E-state index contributed by atoms with van der Waals surface area (Å²) >= 11 is 0. The minimum atomic E-state index is -0.243. The highest BCUT2D eigenvalue weighted by molar-refractivity contribution is 5.86. The third-order valence-electron chi connectivity index (χ3n) is 3.91. The van der Waals surface area contributed by atoms with Crippen LogP contribution in [-0.4, -0.2) is 12.6 Å². The fourth-order valence-electron chi connectivity index (χ4n) is 2.42. The van der Waals surface area contributed by atoms with Gasteiger partial charge in [0, 0.05) is 6.08 Å². The van der Waals surface area contributed by atoms with Gasteiger partial charge >= 0.3 is 5.97 Å². The van der Waals surface area contributed by atoms with E-state index in [2.05, 4.69) is 0 Å². The zero-order valence-electron chi connectivity index (χ0n) is 12.8. The van der Waals surface area contributed by atoms with Gasteiger partial charge in [-0.3, -0.25) is 0 Å². The SMILES string of the molecule is O=C(/C=C/c1ccccc1)OCCCCCCCC1CC1. The molecule has 0 spiro atoms. The van der Waals surface area contributed by atoms with E-state index >= 15 is 0 Å². The fraction of sp³-hybridized carbons (Fsp3) is 0.526. The van der Waals surface area contributed by atoms with Crippen LogP contribution in [0.25, 0.3) is 6.08 Å². The van der Waals surface area contributed by atoms with Crippen molar-refractivity contribution in [3.05, 3.63) is 42.0 Å². The van der Waals surface area contributed by atoms with Gasteiger partial charge in [0.1, 0.15) is 0 Å². The molecule has 0 saturated heterocycles. The summed E-state index contributed by atoms with van der Waals surface area (Å²) < 4.78 is 5.19. The first-order valence-electron chi connectivity index (χ1n) is 8.24. The van der Waals surface area contributed by atoms with Crippen LogP contribution in [0.1, 0.15) is 56.9 Å². The average molecular weight is 286 g/mol. The van der Waals surface area contributed by atoms with Crippen molar-refractivity contribution in [2.24, 2.45) is 5.92 Å².